The highest BCUT2D eigenvalue weighted by atomic mass is 32.2. The number of hydrogen-bond donors (Lipinski definition) is 1. The molecule has 9 heteroatoms. The van der Waals surface area contributed by atoms with E-state index in [-0.39, 0.29) is 30.8 Å². The van der Waals surface area contributed by atoms with Gasteiger partial charge in [-0.1, -0.05) is 61.5 Å². The number of carbonyl (C=O) groups is 1. The molecule has 0 amide bonds. The van der Waals surface area contributed by atoms with Gasteiger partial charge in [0.2, 0.25) is 5.89 Å². The minimum Gasteiger partial charge on any atom is -0.449 e. The van der Waals surface area contributed by atoms with Crippen LogP contribution in [0.25, 0.3) is 0 Å². The van der Waals surface area contributed by atoms with E-state index in [4.69, 9.17) is 9.15 Å². The maximum atomic E-state index is 13.2. The lowest BCUT2D eigenvalue weighted by atomic mass is 9.79. The van der Waals surface area contributed by atoms with Crippen LogP contribution >= 0.6 is 0 Å². The summed E-state index contributed by atoms with van der Waals surface area (Å²) in [6.45, 7) is 1.77. The zero-order chi connectivity index (χ0) is 22.7. The molecule has 3 atom stereocenters. The van der Waals surface area contributed by atoms with Crippen LogP contribution in [0.3, 0.4) is 0 Å². The van der Waals surface area contributed by atoms with E-state index in [2.05, 4.69) is 10.2 Å². The number of aromatic amines is 1. The molecule has 1 aliphatic rings. The van der Waals surface area contributed by atoms with Crippen molar-refractivity contribution in [2.45, 2.75) is 44.0 Å². The Labute approximate surface area is 185 Å². The number of fused-ring (bicyclic) bond motifs is 1. The minimum atomic E-state index is -4.23. The first-order valence-corrected chi connectivity index (χ1v) is 12.0. The van der Waals surface area contributed by atoms with Crippen LogP contribution in [0.5, 0.6) is 0 Å². The first-order chi connectivity index (χ1) is 15.3. The SMILES string of the molecule is C[C@H](C[C@@H]1Cc2ccccc2C(S(=O)(=O)C(=O)OCc2ccccc2)C1)c1n[nH]c(=O)o1. The summed E-state index contributed by atoms with van der Waals surface area (Å²) < 4.78 is 36.7. The largest absolute Gasteiger partial charge is 0.449 e. The summed E-state index contributed by atoms with van der Waals surface area (Å²) >= 11 is 0. The van der Waals surface area contributed by atoms with Crippen molar-refractivity contribution in [3.05, 3.63) is 87.7 Å². The number of ether oxygens (including phenoxy) is 1. The normalized spacial score (nSPS) is 19.2. The number of aromatic nitrogens is 2. The maximum absolute atomic E-state index is 13.2. The van der Waals surface area contributed by atoms with Crippen molar-refractivity contribution < 1.29 is 22.4 Å². The highest BCUT2D eigenvalue weighted by Crippen LogP contribution is 2.42. The zero-order valence-electron chi connectivity index (χ0n) is 17.6. The second-order valence-electron chi connectivity index (χ2n) is 8.15. The summed E-state index contributed by atoms with van der Waals surface area (Å²) in [5, 5.41) is 3.93. The van der Waals surface area contributed by atoms with Crippen LogP contribution in [0.1, 0.15) is 53.5 Å². The van der Waals surface area contributed by atoms with Gasteiger partial charge in [-0.2, -0.15) is 0 Å². The molecule has 2 aromatic carbocycles. The Morgan fingerprint density at radius 2 is 1.91 bits per heavy atom. The lowest BCUT2D eigenvalue weighted by Crippen LogP contribution is -2.30. The van der Waals surface area contributed by atoms with Gasteiger partial charge in [-0.25, -0.2) is 23.1 Å². The number of nitrogens with one attached hydrogen (secondary N) is 1. The third kappa shape index (κ3) is 4.67. The Kier molecular flexibility index (Phi) is 6.27. The summed E-state index contributed by atoms with van der Waals surface area (Å²) in [7, 11) is -4.23. The summed E-state index contributed by atoms with van der Waals surface area (Å²) in [6.07, 6.45) is 1.51. The molecule has 0 aliphatic heterocycles. The van der Waals surface area contributed by atoms with Crippen LogP contribution in [-0.4, -0.2) is 23.9 Å². The van der Waals surface area contributed by atoms with E-state index in [1.54, 1.807) is 36.4 Å². The molecule has 1 aromatic heterocycles. The first kappa shape index (κ1) is 22.0. The molecule has 0 saturated heterocycles. The predicted octanol–water partition coefficient (Wildman–Crippen LogP) is 3.91. The fourth-order valence-corrected chi connectivity index (χ4v) is 5.84. The first-order valence-electron chi connectivity index (χ1n) is 10.4. The third-order valence-electron chi connectivity index (χ3n) is 5.83. The topological polar surface area (TPSA) is 119 Å². The van der Waals surface area contributed by atoms with Gasteiger partial charge >= 0.3 is 11.1 Å². The monoisotopic (exact) mass is 456 g/mol. The molecular formula is C23H24N2O6S. The number of carbonyl (C=O) groups excluding carboxylic acids is 1. The molecule has 0 bridgehead atoms. The molecule has 1 N–H and O–H groups in total. The van der Waals surface area contributed by atoms with E-state index in [1.165, 1.54) is 0 Å². The number of hydrogen-bond acceptors (Lipinski definition) is 7. The predicted molar refractivity (Wildman–Crippen MR) is 117 cm³/mol. The second kappa shape index (κ2) is 9.12. The Morgan fingerprint density at radius 3 is 2.62 bits per heavy atom. The second-order valence-corrected chi connectivity index (χ2v) is 10.1. The van der Waals surface area contributed by atoms with Crippen LogP contribution in [0.2, 0.25) is 0 Å². The van der Waals surface area contributed by atoms with Crippen LogP contribution in [-0.2, 0) is 27.6 Å². The molecular weight excluding hydrogens is 432 g/mol. The molecule has 8 nitrogen and oxygen atoms in total. The fraction of sp³-hybridized carbons (Fsp3) is 0.348. The van der Waals surface area contributed by atoms with Crippen LogP contribution < -0.4 is 5.76 Å². The van der Waals surface area contributed by atoms with Gasteiger partial charge in [-0.3, -0.25) is 0 Å². The van der Waals surface area contributed by atoms with Crippen molar-refractivity contribution in [2.75, 3.05) is 0 Å². The molecule has 1 heterocycles. The van der Waals surface area contributed by atoms with Crippen molar-refractivity contribution in [3.63, 3.8) is 0 Å². The van der Waals surface area contributed by atoms with E-state index in [0.29, 0.717) is 24.0 Å². The average Bonchev–Trinajstić information content (AvgIpc) is 3.24. The summed E-state index contributed by atoms with van der Waals surface area (Å²) in [4.78, 5) is 23.9. The van der Waals surface area contributed by atoms with E-state index >= 15 is 0 Å². The summed E-state index contributed by atoms with van der Waals surface area (Å²) in [5.74, 6) is -0.556. The molecule has 0 radical (unpaired) electrons. The molecule has 1 unspecified atom stereocenters. The Balaban J connectivity index is 1.54. The molecule has 0 spiro atoms. The lowest BCUT2D eigenvalue weighted by molar-refractivity contribution is 0.165. The van der Waals surface area contributed by atoms with Crippen LogP contribution in [0.15, 0.2) is 63.8 Å². The van der Waals surface area contributed by atoms with Gasteiger partial charge < -0.3 is 9.15 Å². The fourth-order valence-electron chi connectivity index (χ4n) is 4.30. The Hall–Kier alpha value is -3.20. The Morgan fingerprint density at radius 1 is 1.19 bits per heavy atom. The van der Waals surface area contributed by atoms with Gasteiger partial charge in [-0.05, 0) is 41.9 Å². The van der Waals surface area contributed by atoms with Crippen molar-refractivity contribution in [2.24, 2.45) is 5.92 Å². The molecule has 168 valence electrons. The van der Waals surface area contributed by atoms with Crippen LogP contribution in [0, 0.1) is 5.92 Å². The van der Waals surface area contributed by atoms with Crippen molar-refractivity contribution in [1.29, 1.82) is 0 Å². The third-order valence-corrected chi connectivity index (χ3v) is 7.61. The maximum Gasteiger partial charge on any atom is 0.434 e. The van der Waals surface area contributed by atoms with Gasteiger partial charge in [0.25, 0.3) is 9.84 Å². The highest BCUT2D eigenvalue weighted by Gasteiger charge is 2.41. The highest BCUT2D eigenvalue weighted by molar-refractivity contribution is 8.05. The van der Waals surface area contributed by atoms with Crippen molar-refractivity contribution in [3.8, 4) is 0 Å². The molecule has 3 aromatic rings. The quantitative estimate of drug-likeness (QED) is 0.558. The number of benzene rings is 2. The number of H-pyrrole nitrogens is 1. The number of nitrogens with zero attached hydrogens (tertiary/aromatic N) is 1. The minimum absolute atomic E-state index is 0.0383. The lowest BCUT2D eigenvalue weighted by Gasteiger charge is -2.31. The van der Waals surface area contributed by atoms with Gasteiger partial charge in [0.15, 0.2) is 0 Å². The standard InChI is InChI=1S/C23H24N2O6S/c1-15(21-24-25-22(26)31-21)11-17-12-18-9-5-6-10-19(18)20(13-17)32(28,29)23(27)30-14-16-7-3-2-4-8-16/h2-10,15,17,20H,11-14H2,1H3,(H,25,26)/t15-,17-,20?/m1/s1. The zero-order valence-corrected chi connectivity index (χ0v) is 18.4. The average molecular weight is 457 g/mol. The summed E-state index contributed by atoms with van der Waals surface area (Å²) in [6, 6.07) is 16.2. The molecule has 0 fully saturated rings. The van der Waals surface area contributed by atoms with Crippen LogP contribution in [0.4, 0.5) is 4.79 Å². The van der Waals surface area contributed by atoms with E-state index in [1.807, 2.05) is 25.1 Å². The van der Waals surface area contributed by atoms with Crippen molar-refractivity contribution in [1.82, 2.24) is 10.2 Å². The molecule has 1 aliphatic carbocycles. The smallest absolute Gasteiger partial charge is 0.434 e. The molecule has 0 saturated carbocycles. The van der Waals surface area contributed by atoms with Gasteiger partial charge in [0, 0.05) is 5.92 Å². The van der Waals surface area contributed by atoms with Crippen molar-refractivity contribution >= 4 is 15.1 Å². The van der Waals surface area contributed by atoms with E-state index in [9.17, 15) is 18.0 Å². The summed E-state index contributed by atoms with van der Waals surface area (Å²) in [5.41, 5.74) is 2.25. The van der Waals surface area contributed by atoms with E-state index < -0.39 is 26.1 Å². The van der Waals surface area contributed by atoms with Gasteiger partial charge in [-0.15, -0.1) is 5.10 Å². The number of sulfone groups is 1. The van der Waals surface area contributed by atoms with Gasteiger partial charge in [0.1, 0.15) is 6.61 Å². The van der Waals surface area contributed by atoms with Gasteiger partial charge in [0.05, 0.1) is 5.25 Å². The van der Waals surface area contributed by atoms with E-state index in [0.717, 1.165) is 5.56 Å². The number of rotatable bonds is 6. The molecule has 32 heavy (non-hydrogen) atoms. The Bertz CT molecular complexity index is 1250. The molecule has 4 rings (SSSR count).